The van der Waals surface area contributed by atoms with E-state index in [1.54, 1.807) is 0 Å². The molecule has 9 heteroatoms. The Balaban J connectivity index is 2.42. The van der Waals surface area contributed by atoms with Crippen LogP contribution in [0.1, 0.15) is 0 Å². The van der Waals surface area contributed by atoms with Gasteiger partial charge in [0.2, 0.25) is 0 Å². The summed E-state index contributed by atoms with van der Waals surface area (Å²) in [5.41, 5.74) is 0.360. The number of fused-ring (bicyclic) bond motifs is 1. The maximum atomic E-state index is 13.0. The molecule has 0 bridgehead atoms. The molecule has 100 valence electrons. The number of rotatable bonds is 2. The van der Waals surface area contributed by atoms with E-state index in [0.717, 1.165) is 17.0 Å². The van der Waals surface area contributed by atoms with E-state index >= 15 is 0 Å². The molecule has 2 rings (SSSR count). The summed E-state index contributed by atoms with van der Waals surface area (Å²) in [5.74, 6) is -0.569. The summed E-state index contributed by atoms with van der Waals surface area (Å²) in [5, 5.41) is 21.6. The normalized spacial score (nSPS) is 23.5. The van der Waals surface area contributed by atoms with E-state index in [9.17, 15) is 19.2 Å². The molecule has 0 amide bonds. The van der Waals surface area contributed by atoms with E-state index in [0.29, 0.717) is 0 Å². The first-order chi connectivity index (χ1) is 8.28. The van der Waals surface area contributed by atoms with Crippen LogP contribution in [0.5, 0.6) is 0 Å². The third-order valence-corrected chi connectivity index (χ3v) is 3.18. The largest absolute Gasteiger partial charge is 0.369 e. The van der Waals surface area contributed by atoms with E-state index in [2.05, 4.69) is 5.32 Å². The number of benzene rings is 1. The molecule has 2 unspecified atom stereocenters. The number of anilines is 2. The van der Waals surface area contributed by atoms with Gasteiger partial charge in [-0.25, -0.2) is 4.39 Å². The molecule has 0 aliphatic carbocycles. The van der Waals surface area contributed by atoms with Crippen molar-refractivity contribution >= 4 is 19.0 Å². The molecule has 0 radical (unpaired) electrons. The minimum absolute atomic E-state index is 0.154. The quantitative estimate of drug-likeness (QED) is 0.477. The minimum atomic E-state index is -4.43. The van der Waals surface area contributed by atoms with Gasteiger partial charge in [-0.15, -0.1) is 0 Å². The van der Waals surface area contributed by atoms with Crippen molar-refractivity contribution in [1.82, 2.24) is 0 Å². The van der Waals surface area contributed by atoms with E-state index in [1.807, 2.05) is 0 Å². The summed E-state index contributed by atoms with van der Waals surface area (Å²) in [7, 11) is -4.43. The van der Waals surface area contributed by atoms with Gasteiger partial charge in [0.1, 0.15) is 12.1 Å². The Morgan fingerprint density at radius 1 is 1.39 bits per heavy atom. The van der Waals surface area contributed by atoms with Crippen molar-refractivity contribution in [3.05, 3.63) is 24.0 Å². The third-order valence-electron chi connectivity index (χ3n) is 2.51. The number of nitrogens with zero attached hydrogens (tertiary/aromatic N) is 1. The van der Waals surface area contributed by atoms with Crippen LogP contribution in [-0.4, -0.2) is 38.7 Å². The van der Waals surface area contributed by atoms with Crippen LogP contribution in [-0.2, 0) is 4.57 Å². The van der Waals surface area contributed by atoms with Crippen LogP contribution in [0.15, 0.2) is 18.2 Å². The Morgan fingerprint density at radius 3 is 2.67 bits per heavy atom. The molecular formula is C9H12FN2O5P. The predicted octanol–water partition coefficient (Wildman–Crippen LogP) is -0.170. The van der Waals surface area contributed by atoms with E-state index in [-0.39, 0.29) is 11.4 Å². The van der Waals surface area contributed by atoms with Gasteiger partial charge in [0, 0.05) is 0 Å². The fourth-order valence-electron chi connectivity index (χ4n) is 1.78. The van der Waals surface area contributed by atoms with Gasteiger partial charge < -0.3 is 30.2 Å². The lowest BCUT2D eigenvalue weighted by Gasteiger charge is -2.39. The van der Waals surface area contributed by atoms with Crippen LogP contribution in [0.3, 0.4) is 0 Å². The summed E-state index contributed by atoms with van der Waals surface area (Å²) in [6.07, 6.45) is -3.77. The second kappa shape index (κ2) is 4.49. The lowest BCUT2D eigenvalue weighted by atomic mass is 10.2. The van der Waals surface area contributed by atoms with Crippen molar-refractivity contribution in [2.75, 3.05) is 16.5 Å². The topological polar surface area (TPSA) is 113 Å². The predicted molar refractivity (Wildman–Crippen MR) is 61.4 cm³/mol. The Bertz CT molecular complexity index is 508. The molecular weight excluding hydrogens is 266 g/mol. The van der Waals surface area contributed by atoms with Crippen molar-refractivity contribution in [3.63, 3.8) is 0 Å². The monoisotopic (exact) mass is 278 g/mol. The first kappa shape index (κ1) is 13.3. The molecule has 1 aliphatic heterocycles. The molecule has 1 aromatic rings. The molecule has 0 saturated heterocycles. The van der Waals surface area contributed by atoms with Crippen molar-refractivity contribution in [1.29, 1.82) is 0 Å². The summed E-state index contributed by atoms with van der Waals surface area (Å²) in [6.45, 7) is 0. The smallest absolute Gasteiger partial charge is 0.344 e. The number of halogens is 1. The molecule has 1 heterocycles. The van der Waals surface area contributed by atoms with Crippen LogP contribution in [0.25, 0.3) is 0 Å². The zero-order chi connectivity index (χ0) is 13.5. The average Bonchev–Trinajstić information content (AvgIpc) is 2.23. The van der Waals surface area contributed by atoms with Gasteiger partial charge in [0.05, 0.1) is 11.4 Å². The standard InChI is InChI=1S/C9H12FN2O5P/c10-5-1-2-7-6(3-5)11-8(13)9(14)12(7)4-18(15,16)17/h1-3,8-9,11,13-14H,4H2,(H2,15,16,17). The average molecular weight is 278 g/mol. The summed E-state index contributed by atoms with van der Waals surface area (Å²) in [6, 6.07) is 3.43. The molecule has 1 aromatic carbocycles. The molecule has 5 N–H and O–H groups in total. The zero-order valence-corrected chi connectivity index (χ0v) is 9.96. The molecule has 1 aliphatic rings. The molecule has 7 nitrogen and oxygen atoms in total. The van der Waals surface area contributed by atoms with Crippen LogP contribution in [0, 0.1) is 5.82 Å². The lowest BCUT2D eigenvalue weighted by molar-refractivity contribution is 0.0329. The van der Waals surface area contributed by atoms with Crippen molar-refractivity contribution in [2.45, 2.75) is 12.5 Å². The second-order valence-electron chi connectivity index (χ2n) is 3.94. The molecule has 0 fully saturated rings. The number of hydrogen-bond donors (Lipinski definition) is 5. The van der Waals surface area contributed by atoms with E-state index in [4.69, 9.17) is 9.79 Å². The molecule has 18 heavy (non-hydrogen) atoms. The van der Waals surface area contributed by atoms with E-state index < -0.39 is 32.2 Å². The van der Waals surface area contributed by atoms with Crippen LogP contribution < -0.4 is 10.2 Å². The molecule has 2 atom stereocenters. The fourth-order valence-corrected chi connectivity index (χ4v) is 2.50. The highest BCUT2D eigenvalue weighted by Gasteiger charge is 2.35. The number of nitrogens with one attached hydrogen (secondary N) is 1. The number of aliphatic hydroxyl groups is 2. The van der Waals surface area contributed by atoms with Gasteiger partial charge in [0.15, 0.2) is 12.5 Å². The van der Waals surface area contributed by atoms with Gasteiger partial charge in [0.25, 0.3) is 0 Å². The fraction of sp³-hybridized carbons (Fsp3) is 0.333. The highest BCUT2D eigenvalue weighted by atomic mass is 31.2. The zero-order valence-electron chi connectivity index (χ0n) is 9.06. The van der Waals surface area contributed by atoms with E-state index in [1.165, 1.54) is 6.07 Å². The van der Waals surface area contributed by atoms with Crippen LogP contribution >= 0.6 is 7.60 Å². The first-order valence-electron chi connectivity index (χ1n) is 5.01. The summed E-state index contributed by atoms with van der Waals surface area (Å²) >= 11 is 0. The SMILES string of the molecule is O=P(O)(O)CN1c2ccc(F)cc2NC(O)C1O. The Kier molecular flexibility index (Phi) is 3.31. The van der Waals surface area contributed by atoms with Gasteiger partial charge in [-0.1, -0.05) is 0 Å². The van der Waals surface area contributed by atoms with Gasteiger partial charge in [-0.3, -0.25) is 4.57 Å². The first-order valence-corrected chi connectivity index (χ1v) is 6.81. The minimum Gasteiger partial charge on any atom is -0.369 e. The summed E-state index contributed by atoms with van der Waals surface area (Å²) in [4.78, 5) is 18.8. The van der Waals surface area contributed by atoms with Crippen molar-refractivity contribution < 1.29 is 29.0 Å². The Hall–Kier alpha value is -1.18. The van der Waals surface area contributed by atoms with Crippen molar-refractivity contribution in [2.24, 2.45) is 0 Å². The molecule has 0 spiro atoms. The maximum absolute atomic E-state index is 13.0. The highest BCUT2D eigenvalue weighted by Crippen LogP contribution is 2.41. The number of aliphatic hydroxyl groups excluding tert-OH is 2. The van der Waals surface area contributed by atoms with Crippen LogP contribution in [0.4, 0.5) is 15.8 Å². The van der Waals surface area contributed by atoms with Gasteiger partial charge in [-0.05, 0) is 18.2 Å². The maximum Gasteiger partial charge on any atom is 0.344 e. The highest BCUT2D eigenvalue weighted by molar-refractivity contribution is 7.51. The molecule has 0 saturated carbocycles. The van der Waals surface area contributed by atoms with Gasteiger partial charge in [-0.2, -0.15) is 0 Å². The number of hydrogen-bond acceptors (Lipinski definition) is 5. The Morgan fingerprint density at radius 2 is 2.06 bits per heavy atom. The summed E-state index contributed by atoms with van der Waals surface area (Å²) < 4.78 is 24.0. The second-order valence-corrected chi connectivity index (χ2v) is 5.55. The Labute approximate surface area is 102 Å². The lowest BCUT2D eigenvalue weighted by Crippen LogP contribution is -2.51. The van der Waals surface area contributed by atoms with Crippen LogP contribution in [0.2, 0.25) is 0 Å². The third kappa shape index (κ3) is 2.63. The van der Waals surface area contributed by atoms with Crippen molar-refractivity contribution in [3.8, 4) is 0 Å². The van der Waals surface area contributed by atoms with Gasteiger partial charge >= 0.3 is 7.60 Å². The molecule has 0 aromatic heterocycles.